The third-order valence-corrected chi connectivity index (χ3v) is 5.22. The number of carbonyl (C=O) groups is 1. The molecule has 2 aromatic carbocycles. The first-order valence-electron chi connectivity index (χ1n) is 8.67. The molecule has 132 valence electrons. The third kappa shape index (κ3) is 3.10. The van der Waals surface area contributed by atoms with Crippen LogP contribution in [-0.2, 0) is 6.42 Å². The number of hydrogen-bond acceptors (Lipinski definition) is 3. The topological polar surface area (TPSA) is 66.1 Å². The summed E-state index contributed by atoms with van der Waals surface area (Å²) in [6, 6.07) is 14.9. The smallest absolute Gasteiger partial charge is 0.280 e. The average molecular weight is 368 g/mol. The molecule has 0 radical (unpaired) electrons. The van der Waals surface area contributed by atoms with Crippen LogP contribution in [0.2, 0.25) is 5.02 Å². The lowest BCUT2D eigenvalue weighted by molar-refractivity contribution is 0.0729. The van der Waals surface area contributed by atoms with Crippen molar-refractivity contribution in [2.24, 2.45) is 0 Å². The maximum absolute atomic E-state index is 13.0. The van der Waals surface area contributed by atoms with Crippen molar-refractivity contribution < 1.29 is 4.79 Å². The van der Waals surface area contributed by atoms with Crippen LogP contribution in [0.25, 0.3) is 11.0 Å². The second-order valence-corrected chi connectivity index (χ2v) is 6.93. The van der Waals surface area contributed by atoms with E-state index in [2.05, 4.69) is 9.97 Å². The second-order valence-electron chi connectivity index (χ2n) is 6.52. The zero-order chi connectivity index (χ0) is 18.1. The maximum atomic E-state index is 13.0. The highest BCUT2D eigenvalue weighted by Crippen LogP contribution is 2.25. The molecule has 6 heteroatoms. The van der Waals surface area contributed by atoms with Crippen molar-refractivity contribution in [3.8, 4) is 0 Å². The largest absolute Gasteiger partial charge is 0.334 e. The van der Waals surface area contributed by atoms with E-state index >= 15 is 0 Å². The maximum Gasteiger partial charge on any atom is 0.280 e. The molecule has 1 aliphatic heterocycles. The number of H-pyrrole nitrogens is 1. The van der Waals surface area contributed by atoms with Gasteiger partial charge in [-0.15, -0.1) is 0 Å². The molecule has 1 fully saturated rings. The molecule has 1 saturated heterocycles. The summed E-state index contributed by atoms with van der Waals surface area (Å²) in [5, 5.41) is 0.702. The van der Waals surface area contributed by atoms with E-state index in [4.69, 9.17) is 11.6 Å². The van der Waals surface area contributed by atoms with Gasteiger partial charge in [0.2, 0.25) is 0 Å². The molecule has 0 aliphatic carbocycles. The van der Waals surface area contributed by atoms with Crippen molar-refractivity contribution >= 4 is 28.5 Å². The Bertz CT molecular complexity index is 1030. The average Bonchev–Trinajstić information content (AvgIpc) is 3.10. The summed E-state index contributed by atoms with van der Waals surface area (Å²) in [5.41, 5.74) is 1.76. The molecule has 1 N–H and O–H groups in total. The SMILES string of the molecule is O=C(c1nc2ccccc2[nH]c1=O)N1CCCC1Cc1ccccc1Cl. The van der Waals surface area contributed by atoms with Crippen molar-refractivity contribution in [1.82, 2.24) is 14.9 Å². The highest BCUT2D eigenvalue weighted by molar-refractivity contribution is 6.31. The number of para-hydroxylation sites is 2. The van der Waals surface area contributed by atoms with Crippen LogP contribution in [-0.4, -0.2) is 33.4 Å². The fraction of sp³-hybridized carbons (Fsp3) is 0.250. The zero-order valence-electron chi connectivity index (χ0n) is 14.1. The summed E-state index contributed by atoms with van der Waals surface area (Å²) in [7, 11) is 0. The predicted molar refractivity (Wildman–Crippen MR) is 102 cm³/mol. The number of halogens is 1. The van der Waals surface area contributed by atoms with Crippen LogP contribution < -0.4 is 5.56 Å². The number of rotatable bonds is 3. The van der Waals surface area contributed by atoms with Crippen LogP contribution >= 0.6 is 11.6 Å². The van der Waals surface area contributed by atoms with Crippen molar-refractivity contribution in [1.29, 1.82) is 0 Å². The van der Waals surface area contributed by atoms with Gasteiger partial charge in [-0.05, 0) is 43.0 Å². The van der Waals surface area contributed by atoms with Gasteiger partial charge in [0.1, 0.15) is 0 Å². The van der Waals surface area contributed by atoms with Crippen LogP contribution in [0.15, 0.2) is 53.3 Å². The third-order valence-electron chi connectivity index (χ3n) is 4.85. The molecule has 26 heavy (non-hydrogen) atoms. The van der Waals surface area contributed by atoms with Crippen LogP contribution in [0.5, 0.6) is 0 Å². The highest BCUT2D eigenvalue weighted by atomic mass is 35.5. The van der Waals surface area contributed by atoms with Gasteiger partial charge in [0, 0.05) is 17.6 Å². The summed E-state index contributed by atoms with van der Waals surface area (Å²) in [5.74, 6) is -0.313. The quantitative estimate of drug-likeness (QED) is 0.771. The molecular formula is C20H18ClN3O2. The van der Waals surface area contributed by atoms with Gasteiger partial charge in [-0.2, -0.15) is 0 Å². The number of aromatic amines is 1. The van der Waals surface area contributed by atoms with Crippen LogP contribution in [0.3, 0.4) is 0 Å². The molecule has 0 spiro atoms. The normalized spacial score (nSPS) is 17.0. The van der Waals surface area contributed by atoms with E-state index in [0.29, 0.717) is 29.0 Å². The molecule has 1 aliphatic rings. The molecule has 0 saturated carbocycles. The Labute approximate surface area is 155 Å². The van der Waals surface area contributed by atoms with Gasteiger partial charge in [0.15, 0.2) is 5.69 Å². The fourth-order valence-electron chi connectivity index (χ4n) is 3.54. The predicted octanol–water partition coefficient (Wildman–Crippen LogP) is 3.42. The lowest BCUT2D eigenvalue weighted by Gasteiger charge is -2.24. The Morgan fingerprint density at radius 3 is 2.81 bits per heavy atom. The molecule has 1 unspecified atom stereocenters. The lowest BCUT2D eigenvalue weighted by atomic mass is 10.0. The minimum absolute atomic E-state index is 0.0232. The van der Waals surface area contributed by atoms with Gasteiger partial charge in [0.05, 0.1) is 11.0 Å². The zero-order valence-corrected chi connectivity index (χ0v) is 14.9. The summed E-state index contributed by atoms with van der Waals surface area (Å²) in [6.45, 7) is 0.627. The van der Waals surface area contributed by atoms with Gasteiger partial charge >= 0.3 is 0 Å². The fourth-order valence-corrected chi connectivity index (χ4v) is 3.76. The van der Waals surface area contributed by atoms with E-state index in [0.717, 1.165) is 18.4 Å². The first-order chi connectivity index (χ1) is 12.6. The Hall–Kier alpha value is -2.66. The number of amides is 1. The van der Waals surface area contributed by atoms with Gasteiger partial charge in [-0.3, -0.25) is 9.59 Å². The van der Waals surface area contributed by atoms with E-state index in [1.54, 1.807) is 17.0 Å². The first-order valence-corrected chi connectivity index (χ1v) is 9.05. The minimum atomic E-state index is -0.447. The Morgan fingerprint density at radius 2 is 1.96 bits per heavy atom. The van der Waals surface area contributed by atoms with Crippen LogP contribution in [0, 0.1) is 0 Å². The number of nitrogens with one attached hydrogen (secondary N) is 1. The summed E-state index contributed by atoms with van der Waals surface area (Å²) >= 11 is 6.27. The van der Waals surface area contributed by atoms with E-state index in [-0.39, 0.29) is 17.6 Å². The summed E-state index contributed by atoms with van der Waals surface area (Å²) < 4.78 is 0. The van der Waals surface area contributed by atoms with E-state index in [1.807, 2.05) is 36.4 Å². The molecule has 4 rings (SSSR count). The van der Waals surface area contributed by atoms with Crippen molar-refractivity contribution in [3.05, 3.63) is 75.2 Å². The van der Waals surface area contributed by atoms with Crippen LogP contribution in [0.1, 0.15) is 28.9 Å². The molecule has 1 aromatic heterocycles. The van der Waals surface area contributed by atoms with Crippen LogP contribution in [0.4, 0.5) is 0 Å². The molecule has 0 bridgehead atoms. The number of carbonyl (C=O) groups excluding carboxylic acids is 1. The number of hydrogen-bond donors (Lipinski definition) is 1. The number of benzene rings is 2. The molecule has 5 nitrogen and oxygen atoms in total. The molecule has 2 heterocycles. The van der Waals surface area contributed by atoms with Crippen molar-refractivity contribution in [3.63, 3.8) is 0 Å². The molecule has 1 atom stereocenters. The second kappa shape index (κ2) is 6.92. The summed E-state index contributed by atoms with van der Waals surface area (Å²) in [6.07, 6.45) is 2.48. The van der Waals surface area contributed by atoms with Gasteiger partial charge in [0.25, 0.3) is 11.5 Å². The standard InChI is InChI=1S/C20H18ClN3O2/c21-15-8-2-1-6-13(15)12-14-7-5-11-24(14)20(26)18-19(25)23-17-10-4-3-9-16(17)22-18/h1-4,6,8-10,14H,5,7,11-12H2,(H,23,25). The number of likely N-dealkylation sites (tertiary alicyclic amines) is 1. The number of nitrogens with zero attached hydrogens (tertiary/aromatic N) is 2. The van der Waals surface area contributed by atoms with Crippen molar-refractivity contribution in [2.75, 3.05) is 6.54 Å². The van der Waals surface area contributed by atoms with Gasteiger partial charge < -0.3 is 9.88 Å². The number of aromatic nitrogens is 2. The highest BCUT2D eigenvalue weighted by Gasteiger charge is 2.32. The minimum Gasteiger partial charge on any atom is -0.334 e. The van der Waals surface area contributed by atoms with E-state index in [9.17, 15) is 9.59 Å². The molecule has 1 amide bonds. The molecule has 3 aromatic rings. The van der Waals surface area contributed by atoms with E-state index < -0.39 is 5.56 Å². The lowest BCUT2D eigenvalue weighted by Crippen LogP contribution is -2.40. The summed E-state index contributed by atoms with van der Waals surface area (Å²) in [4.78, 5) is 34.2. The first kappa shape index (κ1) is 16.8. The van der Waals surface area contributed by atoms with Gasteiger partial charge in [-0.25, -0.2) is 4.98 Å². The monoisotopic (exact) mass is 367 g/mol. The molecular weight excluding hydrogens is 350 g/mol. The Morgan fingerprint density at radius 1 is 1.19 bits per heavy atom. The van der Waals surface area contributed by atoms with E-state index in [1.165, 1.54) is 0 Å². The van der Waals surface area contributed by atoms with Gasteiger partial charge in [-0.1, -0.05) is 41.9 Å². The Balaban J connectivity index is 1.64. The number of fused-ring (bicyclic) bond motifs is 1. The van der Waals surface area contributed by atoms with Crippen molar-refractivity contribution in [2.45, 2.75) is 25.3 Å². The Kier molecular flexibility index (Phi) is 4.47.